The van der Waals surface area contributed by atoms with Gasteiger partial charge in [0.05, 0.1) is 29.2 Å². The molecule has 0 amide bonds. The number of nitrogens with one attached hydrogen (secondary N) is 1. The van der Waals surface area contributed by atoms with Gasteiger partial charge in [0.2, 0.25) is 10.0 Å². The summed E-state index contributed by atoms with van der Waals surface area (Å²) in [6, 6.07) is 8.57. The molecule has 0 heterocycles. The first-order chi connectivity index (χ1) is 14.3. The van der Waals surface area contributed by atoms with Gasteiger partial charge in [0.1, 0.15) is 17.2 Å². The Hall–Kier alpha value is -3.18. The predicted octanol–water partition coefficient (Wildman–Crippen LogP) is 3.27. The summed E-state index contributed by atoms with van der Waals surface area (Å²) in [5.74, 6) is 1.23. The molecule has 3 N–H and O–H groups in total. The van der Waals surface area contributed by atoms with Crippen LogP contribution >= 0.6 is 0 Å². The third kappa shape index (κ3) is 6.42. The second kappa shape index (κ2) is 10.6. The Bertz CT molecular complexity index is 1020. The lowest BCUT2D eigenvalue weighted by Crippen LogP contribution is -2.12. The maximum absolute atomic E-state index is 11.4. The molecule has 0 bridgehead atoms. The largest absolute Gasteiger partial charge is 0.493 e. The Kier molecular flexibility index (Phi) is 8.13. The van der Waals surface area contributed by atoms with Crippen LogP contribution in [0.25, 0.3) is 0 Å². The van der Waals surface area contributed by atoms with E-state index in [4.69, 9.17) is 14.6 Å². The summed E-state index contributed by atoms with van der Waals surface area (Å²) in [5.41, 5.74) is 2.75. The fourth-order valence-electron chi connectivity index (χ4n) is 2.37. The van der Waals surface area contributed by atoms with Gasteiger partial charge in [0.25, 0.3) is 5.69 Å². The van der Waals surface area contributed by atoms with E-state index >= 15 is 0 Å². The third-order valence-corrected chi connectivity index (χ3v) is 4.71. The molecule has 0 saturated carbocycles. The van der Waals surface area contributed by atoms with Gasteiger partial charge in [-0.1, -0.05) is 13.8 Å². The van der Waals surface area contributed by atoms with Crippen molar-refractivity contribution < 1.29 is 22.8 Å². The van der Waals surface area contributed by atoms with Crippen LogP contribution in [0.1, 0.15) is 32.3 Å². The van der Waals surface area contributed by atoms with Gasteiger partial charge in [-0.3, -0.25) is 15.5 Å². The molecule has 0 aliphatic heterocycles. The Morgan fingerprint density at radius 2 is 1.83 bits per heavy atom. The summed E-state index contributed by atoms with van der Waals surface area (Å²) in [6.45, 7) is 5.08. The molecule has 30 heavy (non-hydrogen) atoms. The van der Waals surface area contributed by atoms with Crippen molar-refractivity contribution in [2.24, 2.45) is 10.2 Å². The smallest absolute Gasteiger partial charge is 0.295 e. The topological polar surface area (TPSA) is 146 Å². The fraction of sp³-hybridized carbons (Fsp3) is 0.316. The first-order valence-electron chi connectivity index (χ1n) is 9.26. The highest BCUT2D eigenvalue weighted by molar-refractivity contribution is 7.89. The van der Waals surface area contributed by atoms with Crippen LogP contribution in [0.5, 0.6) is 11.5 Å². The van der Waals surface area contributed by atoms with Crippen LogP contribution in [-0.2, 0) is 10.0 Å². The van der Waals surface area contributed by atoms with E-state index in [-0.39, 0.29) is 10.6 Å². The van der Waals surface area contributed by atoms with Gasteiger partial charge in [-0.2, -0.15) is 5.10 Å². The number of nitrogens with two attached hydrogens (primary N) is 1. The molecule has 0 aromatic heterocycles. The molecule has 0 fully saturated rings. The van der Waals surface area contributed by atoms with Crippen LogP contribution in [0.3, 0.4) is 0 Å². The summed E-state index contributed by atoms with van der Waals surface area (Å²) in [5, 5.41) is 20.3. The molecule has 162 valence electrons. The molecule has 2 rings (SSSR count). The number of hydrogen-bond donors (Lipinski definition) is 2. The van der Waals surface area contributed by atoms with E-state index in [1.807, 2.05) is 13.8 Å². The molecule has 2 aromatic rings. The van der Waals surface area contributed by atoms with Crippen molar-refractivity contribution in [2.75, 3.05) is 18.6 Å². The van der Waals surface area contributed by atoms with Gasteiger partial charge < -0.3 is 9.47 Å². The van der Waals surface area contributed by atoms with Gasteiger partial charge >= 0.3 is 0 Å². The zero-order valence-electron chi connectivity index (χ0n) is 16.7. The van der Waals surface area contributed by atoms with Crippen molar-refractivity contribution >= 4 is 27.6 Å². The Labute approximate surface area is 174 Å². The minimum absolute atomic E-state index is 0.0163. The summed E-state index contributed by atoms with van der Waals surface area (Å²) in [6.07, 6.45) is 3.14. The van der Waals surface area contributed by atoms with E-state index in [1.165, 1.54) is 12.3 Å². The number of hydrazone groups is 1. The number of sulfonamides is 1. The Balaban J connectivity index is 2.26. The van der Waals surface area contributed by atoms with Crippen molar-refractivity contribution in [1.29, 1.82) is 0 Å². The van der Waals surface area contributed by atoms with E-state index in [2.05, 4.69) is 10.5 Å². The van der Waals surface area contributed by atoms with Crippen LogP contribution in [0.2, 0.25) is 0 Å². The molecular weight excluding hydrogens is 412 g/mol. The molecule has 0 spiro atoms. The normalized spacial score (nSPS) is 11.4. The first kappa shape index (κ1) is 23.1. The number of nitro groups is 1. The lowest BCUT2D eigenvalue weighted by atomic mass is 10.2. The van der Waals surface area contributed by atoms with Crippen LogP contribution in [0, 0.1) is 10.1 Å². The minimum Gasteiger partial charge on any atom is -0.493 e. The summed E-state index contributed by atoms with van der Waals surface area (Å²) in [4.78, 5) is 10.2. The van der Waals surface area contributed by atoms with Gasteiger partial charge in [-0.25, -0.2) is 13.6 Å². The molecule has 0 aliphatic carbocycles. The van der Waals surface area contributed by atoms with Crippen molar-refractivity contribution in [1.82, 2.24) is 0 Å². The quantitative estimate of drug-likeness (QED) is 0.312. The molecule has 0 radical (unpaired) electrons. The molecule has 2 aromatic carbocycles. The van der Waals surface area contributed by atoms with Crippen molar-refractivity contribution in [3.63, 3.8) is 0 Å². The van der Waals surface area contributed by atoms with Gasteiger partial charge in [0, 0.05) is 17.7 Å². The fourth-order valence-corrected chi connectivity index (χ4v) is 2.91. The maximum Gasteiger partial charge on any atom is 0.295 e. The average molecular weight is 436 g/mol. The molecule has 0 aliphatic rings. The number of hydrogen-bond acceptors (Lipinski definition) is 8. The predicted molar refractivity (Wildman–Crippen MR) is 114 cm³/mol. The molecular formula is C19H24N4O6S. The van der Waals surface area contributed by atoms with Crippen LogP contribution in [-0.4, -0.2) is 32.8 Å². The van der Waals surface area contributed by atoms with Crippen molar-refractivity contribution in [2.45, 2.75) is 31.6 Å². The Morgan fingerprint density at radius 1 is 1.13 bits per heavy atom. The second-order valence-electron chi connectivity index (χ2n) is 6.25. The highest BCUT2D eigenvalue weighted by Crippen LogP contribution is 2.28. The number of nitrogens with zero attached hydrogens (tertiary/aromatic N) is 2. The minimum atomic E-state index is -4.06. The van der Waals surface area contributed by atoms with Gasteiger partial charge in [0.15, 0.2) is 0 Å². The van der Waals surface area contributed by atoms with E-state index < -0.39 is 20.6 Å². The number of nitro benzene ring substituents is 1. The standard InChI is InChI=1S/C19H24N4O6S/c1-3-9-28-15-6-5-14(19(11-15)29-10-4-2)13-21-22-17-8-7-16(30(20,26)27)12-18(17)23(24)25/h5-8,11-13,22H,3-4,9-10H2,1-2H3,(H2,20,26,27). The molecule has 0 saturated heterocycles. The van der Waals surface area contributed by atoms with Gasteiger partial charge in [-0.15, -0.1) is 0 Å². The molecule has 11 heteroatoms. The average Bonchev–Trinajstić information content (AvgIpc) is 2.70. The van der Waals surface area contributed by atoms with Crippen LogP contribution in [0.4, 0.5) is 11.4 Å². The molecule has 0 atom stereocenters. The zero-order valence-corrected chi connectivity index (χ0v) is 17.5. The highest BCUT2D eigenvalue weighted by atomic mass is 32.2. The van der Waals surface area contributed by atoms with Crippen LogP contribution < -0.4 is 20.0 Å². The van der Waals surface area contributed by atoms with E-state index in [1.54, 1.807) is 18.2 Å². The summed E-state index contributed by atoms with van der Waals surface area (Å²) < 4.78 is 34.2. The highest BCUT2D eigenvalue weighted by Gasteiger charge is 2.18. The number of rotatable bonds is 11. The van der Waals surface area contributed by atoms with E-state index in [9.17, 15) is 18.5 Å². The molecule has 10 nitrogen and oxygen atoms in total. The van der Waals surface area contributed by atoms with Crippen LogP contribution in [0.15, 0.2) is 46.4 Å². The van der Waals surface area contributed by atoms with Crippen molar-refractivity contribution in [3.05, 3.63) is 52.1 Å². The number of benzene rings is 2. The molecule has 0 unspecified atom stereocenters. The number of ether oxygens (including phenoxy) is 2. The van der Waals surface area contributed by atoms with E-state index in [0.717, 1.165) is 25.0 Å². The first-order valence-corrected chi connectivity index (χ1v) is 10.8. The SMILES string of the molecule is CCCOc1ccc(C=NNc2ccc(S(N)(=O)=O)cc2[N+](=O)[O-])c(OCCC)c1. The van der Waals surface area contributed by atoms with E-state index in [0.29, 0.717) is 30.3 Å². The number of primary sulfonamides is 1. The van der Waals surface area contributed by atoms with Crippen molar-refractivity contribution in [3.8, 4) is 11.5 Å². The van der Waals surface area contributed by atoms with Gasteiger partial charge in [-0.05, 0) is 37.1 Å². The maximum atomic E-state index is 11.4. The number of anilines is 1. The lowest BCUT2D eigenvalue weighted by molar-refractivity contribution is -0.384. The zero-order chi connectivity index (χ0) is 22.1. The second-order valence-corrected chi connectivity index (χ2v) is 7.81. The third-order valence-electron chi connectivity index (χ3n) is 3.80. The monoisotopic (exact) mass is 436 g/mol. The lowest BCUT2D eigenvalue weighted by Gasteiger charge is -2.11. The Morgan fingerprint density at radius 3 is 2.47 bits per heavy atom. The summed E-state index contributed by atoms with van der Waals surface area (Å²) >= 11 is 0. The summed E-state index contributed by atoms with van der Waals surface area (Å²) in [7, 11) is -4.06.